The van der Waals surface area contributed by atoms with Crippen LogP contribution in [0.5, 0.6) is 0 Å². The molecule has 0 aliphatic rings. The van der Waals surface area contributed by atoms with E-state index in [1.165, 1.54) is 0 Å². The van der Waals surface area contributed by atoms with E-state index in [-0.39, 0.29) is 5.92 Å². The first-order valence-corrected chi connectivity index (χ1v) is 5.49. The second kappa shape index (κ2) is 4.75. The summed E-state index contributed by atoms with van der Waals surface area (Å²) in [6.07, 6.45) is 3.58. The smallest absolute Gasteiger partial charge is 0.0991 e. The van der Waals surface area contributed by atoms with Crippen molar-refractivity contribution in [2.24, 2.45) is 0 Å². The van der Waals surface area contributed by atoms with E-state index >= 15 is 0 Å². The first-order valence-electron chi connectivity index (χ1n) is 5.49. The number of aromatic nitrogens is 2. The maximum absolute atomic E-state index is 8.74. The number of benzene rings is 1. The number of aryl methyl sites for hydroxylation is 1. The summed E-state index contributed by atoms with van der Waals surface area (Å²) in [6, 6.07) is 9.69. The highest BCUT2D eigenvalue weighted by atomic mass is 14.8. The zero-order valence-electron chi connectivity index (χ0n) is 9.88. The van der Waals surface area contributed by atoms with Crippen LogP contribution in [-0.4, -0.2) is 9.97 Å². The van der Waals surface area contributed by atoms with Gasteiger partial charge < -0.3 is 0 Å². The molecule has 1 atom stereocenters. The Hall–Kier alpha value is -2.21. The lowest BCUT2D eigenvalue weighted by Crippen LogP contribution is -2.00. The van der Waals surface area contributed by atoms with Gasteiger partial charge >= 0.3 is 0 Å². The molecule has 0 aliphatic carbocycles. The molecule has 0 aliphatic heterocycles. The van der Waals surface area contributed by atoms with E-state index < -0.39 is 0 Å². The summed E-state index contributed by atoms with van der Waals surface area (Å²) >= 11 is 0. The SMILES string of the molecule is Cc1cnc(C(C)c2ccc(C#N)cc2)cn1. The highest BCUT2D eigenvalue weighted by Crippen LogP contribution is 2.21. The van der Waals surface area contributed by atoms with Crippen LogP contribution in [-0.2, 0) is 0 Å². The standard InChI is InChI=1S/C14H13N3/c1-10-8-17-14(9-16-10)11(2)13-5-3-12(7-15)4-6-13/h3-6,8-9,11H,1-2H3. The molecular formula is C14H13N3. The molecule has 84 valence electrons. The molecule has 1 aromatic carbocycles. The second-order valence-electron chi connectivity index (χ2n) is 4.04. The van der Waals surface area contributed by atoms with Gasteiger partial charge in [-0.25, -0.2) is 0 Å². The van der Waals surface area contributed by atoms with Gasteiger partial charge in [0, 0.05) is 18.3 Å². The van der Waals surface area contributed by atoms with Crippen LogP contribution in [0.4, 0.5) is 0 Å². The molecule has 3 heteroatoms. The highest BCUT2D eigenvalue weighted by Gasteiger charge is 2.09. The third-order valence-corrected chi connectivity index (χ3v) is 2.78. The van der Waals surface area contributed by atoms with Crippen LogP contribution >= 0.6 is 0 Å². The maximum atomic E-state index is 8.74. The van der Waals surface area contributed by atoms with Crippen molar-refractivity contribution in [2.75, 3.05) is 0 Å². The van der Waals surface area contributed by atoms with Crippen LogP contribution in [0.15, 0.2) is 36.7 Å². The number of hydrogen-bond donors (Lipinski definition) is 0. The van der Waals surface area contributed by atoms with E-state index in [1.54, 1.807) is 12.4 Å². The minimum absolute atomic E-state index is 0.191. The largest absolute Gasteiger partial charge is 0.258 e. The molecule has 2 rings (SSSR count). The van der Waals surface area contributed by atoms with Crippen molar-refractivity contribution in [1.29, 1.82) is 5.26 Å². The van der Waals surface area contributed by atoms with Gasteiger partial charge in [-0.05, 0) is 24.6 Å². The van der Waals surface area contributed by atoms with Gasteiger partial charge in [-0.15, -0.1) is 0 Å². The number of nitrogens with zero attached hydrogens (tertiary/aromatic N) is 3. The van der Waals surface area contributed by atoms with E-state index in [9.17, 15) is 0 Å². The Labute approximate surface area is 101 Å². The molecule has 17 heavy (non-hydrogen) atoms. The van der Waals surface area contributed by atoms with E-state index in [4.69, 9.17) is 5.26 Å². The summed E-state index contributed by atoms with van der Waals surface area (Å²) in [7, 11) is 0. The van der Waals surface area contributed by atoms with Crippen LogP contribution in [0.1, 0.15) is 35.4 Å². The Bertz CT molecular complexity index is 535. The Morgan fingerprint density at radius 3 is 2.35 bits per heavy atom. The fraction of sp³-hybridized carbons (Fsp3) is 0.214. The van der Waals surface area contributed by atoms with Crippen molar-refractivity contribution in [1.82, 2.24) is 9.97 Å². The number of hydrogen-bond acceptors (Lipinski definition) is 3. The van der Waals surface area contributed by atoms with Crippen molar-refractivity contribution in [3.63, 3.8) is 0 Å². The Morgan fingerprint density at radius 2 is 1.82 bits per heavy atom. The van der Waals surface area contributed by atoms with Crippen LogP contribution in [0.2, 0.25) is 0 Å². The van der Waals surface area contributed by atoms with Crippen LogP contribution < -0.4 is 0 Å². The monoisotopic (exact) mass is 223 g/mol. The van der Waals surface area contributed by atoms with Gasteiger partial charge in [-0.3, -0.25) is 9.97 Å². The molecule has 3 nitrogen and oxygen atoms in total. The lowest BCUT2D eigenvalue weighted by atomic mass is 9.97. The molecule has 0 radical (unpaired) electrons. The van der Waals surface area contributed by atoms with Gasteiger partial charge in [0.25, 0.3) is 0 Å². The van der Waals surface area contributed by atoms with Crippen molar-refractivity contribution in [3.05, 3.63) is 59.2 Å². The number of rotatable bonds is 2. The fourth-order valence-electron chi connectivity index (χ4n) is 1.64. The Kier molecular flexibility index (Phi) is 3.15. The highest BCUT2D eigenvalue weighted by molar-refractivity contribution is 5.35. The van der Waals surface area contributed by atoms with Crippen molar-refractivity contribution in [2.45, 2.75) is 19.8 Å². The second-order valence-corrected chi connectivity index (χ2v) is 4.04. The molecule has 0 bridgehead atoms. The normalized spacial score (nSPS) is 11.8. The van der Waals surface area contributed by atoms with Gasteiger partial charge in [-0.1, -0.05) is 19.1 Å². The van der Waals surface area contributed by atoms with Crippen molar-refractivity contribution in [3.8, 4) is 6.07 Å². The zero-order valence-corrected chi connectivity index (χ0v) is 9.88. The predicted molar refractivity (Wildman–Crippen MR) is 65.4 cm³/mol. The quantitative estimate of drug-likeness (QED) is 0.786. The van der Waals surface area contributed by atoms with E-state index in [1.807, 2.05) is 31.2 Å². The summed E-state index contributed by atoms with van der Waals surface area (Å²) in [4.78, 5) is 8.61. The van der Waals surface area contributed by atoms with Gasteiger partial charge in [0.05, 0.1) is 23.0 Å². The molecule has 0 spiro atoms. The summed E-state index contributed by atoms with van der Waals surface area (Å²) in [5.41, 5.74) is 3.68. The molecule has 1 aromatic heterocycles. The Balaban J connectivity index is 2.27. The van der Waals surface area contributed by atoms with Gasteiger partial charge in [0.1, 0.15) is 0 Å². The molecule has 0 amide bonds. The topological polar surface area (TPSA) is 49.6 Å². The minimum Gasteiger partial charge on any atom is -0.258 e. The molecule has 0 saturated heterocycles. The summed E-state index contributed by atoms with van der Waals surface area (Å²) < 4.78 is 0. The average Bonchev–Trinajstić information content (AvgIpc) is 2.39. The minimum atomic E-state index is 0.191. The van der Waals surface area contributed by atoms with Crippen LogP contribution in [0.3, 0.4) is 0 Å². The Morgan fingerprint density at radius 1 is 1.12 bits per heavy atom. The van der Waals surface area contributed by atoms with Crippen LogP contribution in [0, 0.1) is 18.3 Å². The molecule has 1 heterocycles. The molecule has 2 aromatic rings. The lowest BCUT2D eigenvalue weighted by molar-refractivity contribution is 0.850. The summed E-state index contributed by atoms with van der Waals surface area (Å²) in [5, 5.41) is 8.74. The van der Waals surface area contributed by atoms with Gasteiger partial charge in [0.15, 0.2) is 0 Å². The average molecular weight is 223 g/mol. The number of nitriles is 1. The van der Waals surface area contributed by atoms with Gasteiger partial charge in [-0.2, -0.15) is 5.26 Å². The zero-order chi connectivity index (χ0) is 12.3. The molecule has 0 N–H and O–H groups in total. The summed E-state index contributed by atoms with van der Waals surface area (Å²) in [5.74, 6) is 0.191. The third kappa shape index (κ3) is 2.48. The van der Waals surface area contributed by atoms with Crippen molar-refractivity contribution < 1.29 is 0 Å². The molecular weight excluding hydrogens is 210 g/mol. The molecule has 0 fully saturated rings. The third-order valence-electron chi connectivity index (χ3n) is 2.78. The van der Waals surface area contributed by atoms with E-state index in [0.29, 0.717) is 5.56 Å². The first-order chi connectivity index (χ1) is 8.20. The van der Waals surface area contributed by atoms with E-state index in [0.717, 1.165) is 17.0 Å². The van der Waals surface area contributed by atoms with Crippen LogP contribution in [0.25, 0.3) is 0 Å². The fourth-order valence-corrected chi connectivity index (χ4v) is 1.64. The summed E-state index contributed by atoms with van der Waals surface area (Å²) in [6.45, 7) is 4.00. The predicted octanol–water partition coefficient (Wildman–Crippen LogP) is 2.81. The molecule has 1 unspecified atom stereocenters. The lowest BCUT2D eigenvalue weighted by Gasteiger charge is -2.10. The first kappa shape index (κ1) is 11.3. The van der Waals surface area contributed by atoms with Crippen molar-refractivity contribution >= 4 is 0 Å². The van der Waals surface area contributed by atoms with E-state index in [2.05, 4.69) is 23.0 Å². The molecule has 0 saturated carbocycles. The van der Waals surface area contributed by atoms with Gasteiger partial charge in [0.2, 0.25) is 0 Å². The maximum Gasteiger partial charge on any atom is 0.0991 e.